The van der Waals surface area contributed by atoms with Gasteiger partial charge in [-0.15, -0.1) is 0 Å². The lowest BCUT2D eigenvalue weighted by Crippen LogP contribution is -2.52. The Morgan fingerprint density at radius 2 is 1.76 bits per heavy atom. The summed E-state index contributed by atoms with van der Waals surface area (Å²) >= 11 is 0. The van der Waals surface area contributed by atoms with Gasteiger partial charge in [0.25, 0.3) is 0 Å². The molecule has 1 rings (SSSR count). The second-order valence-electron chi connectivity index (χ2n) is 6.05. The van der Waals surface area contributed by atoms with E-state index >= 15 is 0 Å². The number of carbonyl (C=O) groups is 1. The fourth-order valence-electron chi connectivity index (χ4n) is 3.02. The van der Waals surface area contributed by atoms with Gasteiger partial charge >= 0.3 is 5.97 Å². The van der Waals surface area contributed by atoms with Crippen molar-refractivity contribution < 1.29 is 9.90 Å². The van der Waals surface area contributed by atoms with Gasteiger partial charge in [-0.3, -0.25) is 4.79 Å². The van der Waals surface area contributed by atoms with Crippen LogP contribution < -0.4 is 5.32 Å². The molecule has 1 fully saturated rings. The zero-order chi connectivity index (χ0) is 15.7. The molecule has 0 radical (unpaired) electrons. The van der Waals surface area contributed by atoms with Crippen LogP contribution in [0, 0.1) is 0 Å². The molecule has 5 heteroatoms. The Bertz CT molecular complexity index is 304. The van der Waals surface area contributed by atoms with Crippen molar-refractivity contribution in [2.45, 2.75) is 52.0 Å². The topological polar surface area (TPSA) is 55.8 Å². The third kappa shape index (κ3) is 5.57. The summed E-state index contributed by atoms with van der Waals surface area (Å²) in [4.78, 5) is 16.6. The second-order valence-corrected chi connectivity index (χ2v) is 6.05. The van der Waals surface area contributed by atoms with Crippen LogP contribution in [0.5, 0.6) is 0 Å². The largest absolute Gasteiger partial charge is 0.480 e. The summed E-state index contributed by atoms with van der Waals surface area (Å²) in [5.41, 5.74) is -0.735. The van der Waals surface area contributed by atoms with E-state index in [-0.39, 0.29) is 0 Å². The lowest BCUT2D eigenvalue weighted by Gasteiger charge is -2.35. The SMILES string of the molecule is CCCNC(CC)(CCCN1CCN(CC)CC1)C(=O)O. The molecule has 5 nitrogen and oxygen atoms in total. The third-order valence-electron chi connectivity index (χ3n) is 4.72. The number of nitrogens with one attached hydrogen (secondary N) is 1. The average Bonchev–Trinajstić information content (AvgIpc) is 2.51. The van der Waals surface area contributed by atoms with Gasteiger partial charge in [-0.05, 0) is 45.3 Å². The van der Waals surface area contributed by atoms with Crippen molar-refractivity contribution in [3.05, 3.63) is 0 Å². The van der Waals surface area contributed by atoms with Gasteiger partial charge in [0.15, 0.2) is 0 Å². The summed E-state index contributed by atoms with van der Waals surface area (Å²) in [6.07, 6.45) is 3.27. The van der Waals surface area contributed by atoms with Gasteiger partial charge in [-0.25, -0.2) is 0 Å². The molecule has 0 aliphatic carbocycles. The molecule has 1 unspecified atom stereocenters. The second kappa shape index (κ2) is 9.38. The number of likely N-dealkylation sites (N-methyl/N-ethyl adjacent to an activating group) is 1. The van der Waals surface area contributed by atoms with Gasteiger partial charge < -0.3 is 20.2 Å². The van der Waals surface area contributed by atoms with Crippen LogP contribution in [0.25, 0.3) is 0 Å². The highest BCUT2D eigenvalue weighted by Crippen LogP contribution is 2.19. The first-order chi connectivity index (χ1) is 10.1. The van der Waals surface area contributed by atoms with E-state index in [1.54, 1.807) is 0 Å². The lowest BCUT2D eigenvalue weighted by atomic mass is 9.90. The highest BCUT2D eigenvalue weighted by Gasteiger charge is 2.35. The third-order valence-corrected chi connectivity index (χ3v) is 4.72. The predicted molar refractivity (Wildman–Crippen MR) is 86.7 cm³/mol. The molecule has 1 saturated heterocycles. The normalized spacial score (nSPS) is 20.3. The number of rotatable bonds is 10. The Balaban J connectivity index is 2.38. The highest BCUT2D eigenvalue weighted by molar-refractivity contribution is 5.78. The molecule has 124 valence electrons. The van der Waals surface area contributed by atoms with E-state index in [1.165, 1.54) is 0 Å². The van der Waals surface area contributed by atoms with E-state index in [4.69, 9.17) is 0 Å². The van der Waals surface area contributed by atoms with Crippen LogP contribution in [0.2, 0.25) is 0 Å². The fraction of sp³-hybridized carbons (Fsp3) is 0.938. The van der Waals surface area contributed by atoms with Crippen molar-refractivity contribution in [2.75, 3.05) is 45.8 Å². The molecule has 21 heavy (non-hydrogen) atoms. The quantitative estimate of drug-likeness (QED) is 0.642. The minimum Gasteiger partial charge on any atom is -0.480 e. The van der Waals surface area contributed by atoms with Gasteiger partial charge in [0.1, 0.15) is 5.54 Å². The minimum absolute atomic E-state index is 0.645. The number of hydrogen-bond acceptors (Lipinski definition) is 4. The van der Waals surface area contributed by atoms with Crippen LogP contribution >= 0.6 is 0 Å². The van der Waals surface area contributed by atoms with Crippen molar-refractivity contribution in [2.24, 2.45) is 0 Å². The van der Waals surface area contributed by atoms with Crippen molar-refractivity contribution in [3.8, 4) is 0 Å². The maximum absolute atomic E-state index is 11.6. The van der Waals surface area contributed by atoms with Gasteiger partial charge in [0.2, 0.25) is 0 Å². The zero-order valence-electron chi connectivity index (χ0n) is 14.0. The standard InChI is InChI=1S/C16H33N3O2/c1-4-9-17-16(5-2,15(20)21)8-7-10-19-13-11-18(6-3)12-14-19/h17H,4-14H2,1-3H3,(H,20,21). The molecule has 0 aromatic heterocycles. The van der Waals surface area contributed by atoms with Crippen LogP contribution in [0.15, 0.2) is 0 Å². The molecule has 0 aromatic rings. The Morgan fingerprint density at radius 1 is 1.14 bits per heavy atom. The molecular weight excluding hydrogens is 266 g/mol. The van der Waals surface area contributed by atoms with Gasteiger partial charge in [0.05, 0.1) is 0 Å². The molecule has 1 atom stereocenters. The molecule has 2 N–H and O–H groups in total. The molecule has 0 bridgehead atoms. The van der Waals surface area contributed by atoms with E-state index < -0.39 is 11.5 Å². The van der Waals surface area contributed by atoms with Gasteiger partial charge in [-0.1, -0.05) is 20.8 Å². The number of carboxylic acid groups (broad SMARTS) is 1. The molecule has 1 heterocycles. The van der Waals surface area contributed by atoms with E-state index in [2.05, 4.69) is 29.0 Å². The van der Waals surface area contributed by atoms with Crippen molar-refractivity contribution in [1.82, 2.24) is 15.1 Å². The Kier molecular flexibility index (Phi) is 8.22. The Hall–Kier alpha value is -0.650. The van der Waals surface area contributed by atoms with Crippen molar-refractivity contribution in [3.63, 3.8) is 0 Å². The van der Waals surface area contributed by atoms with E-state index in [0.29, 0.717) is 12.8 Å². The number of piperazine rings is 1. The summed E-state index contributed by atoms with van der Waals surface area (Å²) in [6, 6.07) is 0. The Labute approximate surface area is 129 Å². The van der Waals surface area contributed by atoms with E-state index in [0.717, 1.165) is 58.7 Å². The molecule has 0 amide bonds. The van der Waals surface area contributed by atoms with Crippen LogP contribution in [-0.4, -0.2) is 72.2 Å². The summed E-state index contributed by atoms with van der Waals surface area (Å²) in [6.45, 7) is 13.7. The number of nitrogens with zero attached hydrogens (tertiary/aromatic N) is 2. The number of carboxylic acids is 1. The maximum Gasteiger partial charge on any atom is 0.323 e. The van der Waals surface area contributed by atoms with E-state index in [1.807, 2.05) is 6.92 Å². The first kappa shape index (κ1) is 18.4. The molecule has 1 aliphatic rings. The summed E-state index contributed by atoms with van der Waals surface area (Å²) in [5.74, 6) is -0.700. The van der Waals surface area contributed by atoms with Crippen LogP contribution in [0.4, 0.5) is 0 Å². The number of aliphatic carboxylic acids is 1. The molecular formula is C16H33N3O2. The van der Waals surface area contributed by atoms with Gasteiger partial charge in [-0.2, -0.15) is 0 Å². The van der Waals surface area contributed by atoms with Crippen molar-refractivity contribution in [1.29, 1.82) is 0 Å². The fourth-order valence-corrected chi connectivity index (χ4v) is 3.02. The first-order valence-electron chi connectivity index (χ1n) is 8.51. The van der Waals surface area contributed by atoms with E-state index in [9.17, 15) is 9.90 Å². The molecule has 0 saturated carbocycles. The van der Waals surface area contributed by atoms with Crippen LogP contribution in [-0.2, 0) is 4.79 Å². The minimum atomic E-state index is -0.735. The average molecular weight is 299 g/mol. The zero-order valence-corrected chi connectivity index (χ0v) is 14.0. The molecule has 1 aliphatic heterocycles. The monoisotopic (exact) mass is 299 g/mol. The highest BCUT2D eigenvalue weighted by atomic mass is 16.4. The summed E-state index contributed by atoms with van der Waals surface area (Å²) in [7, 11) is 0. The summed E-state index contributed by atoms with van der Waals surface area (Å²) in [5, 5.41) is 12.8. The Morgan fingerprint density at radius 3 is 2.24 bits per heavy atom. The van der Waals surface area contributed by atoms with Gasteiger partial charge in [0, 0.05) is 26.2 Å². The number of hydrogen-bond donors (Lipinski definition) is 2. The maximum atomic E-state index is 11.6. The lowest BCUT2D eigenvalue weighted by molar-refractivity contribution is -0.145. The first-order valence-corrected chi connectivity index (χ1v) is 8.51. The molecule has 0 spiro atoms. The van der Waals surface area contributed by atoms with Crippen LogP contribution in [0.1, 0.15) is 46.5 Å². The molecule has 0 aromatic carbocycles. The van der Waals surface area contributed by atoms with Crippen molar-refractivity contribution >= 4 is 5.97 Å². The predicted octanol–water partition coefficient (Wildman–Crippen LogP) is 1.64. The van der Waals surface area contributed by atoms with Crippen LogP contribution in [0.3, 0.4) is 0 Å². The smallest absolute Gasteiger partial charge is 0.323 e. The summed E-state index contributed by atoms with van der Waals surface area (Å²) < 4.78 is 0.